The van der Waals surface area contributed by atoms with Gasteiger partial charge in [0.2, 0.25) is 0 Å². The Morgan fingerprint density at radius 1 is 1.17 bits per heavy atom. The minimum atomic E-state index is -0.225. The Labute approximate surface area is 140 Å². The average molecular weight is 329 g/mol. The third-order valence-electron chi connectivity index (χ3n) is 3.82. The predicted molar refractivity (Wildman–Crippen MR) is 94.1 cm³/mol. The molecule has 2 aromatic rings. The Morgan fingerprint density at radius 3 is 2.78 bits per heavy atom. The van der Waals surface area contributed by atoms with Crippen LogP contribution in [-0.4, -0.2) is 30.3 Å². The van der Waals surface area contributed by atoms with Gasteiger partial charge in [0.05, 0.1) is 6.10 Å². The molecule has 1 amide bonds. The SMILES string of the molecule is O=C(NNC(=S)NCC1CCCO1)c1ccc2ccccc2c1. The second-order valence-electron chi connectivity index (χ2n) is 5.49. The number of hydrazine groups is 1. The third-order valence-corrected chi connectivity index (χ3v) is 4.06. The number of nitrogens with one attached hydrogen (secondary N) is 3. The van der Waals surface area contributed by atoms with E-state index in [0.717, 1.165) is 30.2 Å². The van der Waals surface area contributed by atoms with E-state index in [1.54, 1.807) is 6.07 Å². The number of rotatable bonds is 3. The van der Waals surface area contributed by atoms with E-state index in [4.69, 9.17) is 17.0 Å². The van der Waals surface area contributed by atoms with Gasteiger partial charge in [-0.2, -0.15) is 0 Å². The highest BCUT2D eigenvalue weighted by Gasteiger charge is 2.15. The van der Waals surface area contributed by atoms with Gasteiger partial charge < -0.3 is 10.1 Å². The molecule has 5 nitrogen and oxygen atoms in total. The molecule has 0 spiro atoms. The second kappa shape index (κ2) is 7.39. The zero-order valence-electron chi connectivity index (χ0n) is 12.7. The largest absolute Gasteiger partial charge is 0.376 e. The summed E-state index contributed by atoms with van der Waals surface area (Å²) in [6, 6.07) is 13.5. The molecule has 0 radical (unpaired) electrons. The number of fused-ring (bicyclic) bond motifs is 1. The van der Waals surface area contributed by atoms with Crippen LogP contribution in [0.4, 0.5) is 0 Å². The molecular weight excluding hydrogens is 310 g/mol. The molecule has 6 heteroatoms. The van der Waals surface area contributed by atoms with E-state index in [1.165, 1.54) is 0 Å². The van der Waals surface area contributed by atoms with Crippen LogP contribution in [-0.2, 0) is 4.74 Å². The minimum Gasteiger partial charge on any atom is -0.376 e. The molecule has 3 N–H and O–H groups in total. The van der Waals surface area contributed by atoms with E-state index in [0.29, 0.717) is 17.2 Å². The number of hydrogen-bond acceptors (Lipinski definition) is 3. The van der Waals surface area contributed by atoms with Crippen LogP contribution in [0.2, 0.25) is 0 Å². The number of thiocarbonyl (C=S) groups is 1. The molecule has 1 aliphatic heterocycles. The second-order valence-corrected chi connectivity index (χ2v) is 5.89. The number of ether oxygens (including phenoxy) is 1. The lowest BCUT2D eigenvalue weighted by Gasteiger charge is -2.14. The zero-order chi connectivity index (χ0) is 16.1. The van der Waals surface area contributed by atoms with Crippen LogP contribution in [0.25, 0.3) is 10.8 Å². The molecule has 0 bridgehead atoms. The van der Waals surface area contributed by atoms with Crippen molar-refractivity contribution in [3.05, 3.63) is 48.0 Å². The molecule has 0 saturated carbocycles. The summed E-state index contributed by atoms with van der Waals surface area (Å²) in [7, 11) is 0. The molecular formula is C17H19N3O2S. The lowest BCUT2D eigenvalue weighted by atomic mass is 10.1. The summed E-state index contributed by atoms with van der Waals surface area (Å²) in [5.41, 5.74) is 5.91. The summed E-state index contributed by atoms with van der Waals surface area (Å²) in [6.07, 6.45) is 2.33. The maximum Gasteiger partial charge on any atom is 0.269 e. The third kappa shape index (κ3) is 4.18. The standard InChI is InChI=1S/C17H19N3O2S/c21-16(14-8-7-12-4-1-2-5-13(12)10-14)19-20-17(23)18-11-15-6-3-9-22-15/h1-2,4-5,7-8,10,15H,3,6,9,11H2,(H,19,21)(H2,18,20,23). The lowest BCUT2D eigenvalue weighted by molar-refractivity contribution is 0.0943. The van der Waals surface area contributed by atoms with Crippen molar-refractivity contribution >= 4 is 34.0 Å². The molecule has 1 heterocycles. The highest BCUT2D eigenvalue weighted by atomic mass is 32.1. The van der Waals surface area contributed by atoms with Crippen LogP contribution in [0.5, 0.6) is 0 Å². The summed E-state index contributed by atoms with van der Waals surface area (Å²) in [5.74, 6) is -0.225. The first-order chi connectivity index (χ1) is 11.2. The predicted octanol–water partition coefficient (Wildman–Crippen LogP) is 2.13. The number of carbonyl (C=O) groups is 1. The fourth-order valence-corrected chi connectivity index (χ4v) is 2.71. The van der Waals surface area contributed by atoms with E-state index in [2.05, 4.69) is 16.2 Å². The average Bonchev–Trinajstić information content (AvgIpc) is 3.11. The van der Waals surface area contributed by atoms with Gasteiger partial charge in [0.15, 0.2) is 5.11 Å². The smallest absolute Gasteiger partial charge is 0.269 e. The summed E-state index contributed by atoms with van der Waals surface area (Å²) in [4.78, 5) is 12.2. The van der Waals surface area contributed by atoms with Crippen LogP contribution in [0.15, 0.2) is 42.5 Å². The van der Waals surface area contributed by atoms with Gasteiger partial charge in [-0.05, 0) is 48.0 Å². The van der Waals surface area contributed by atoms with Crippen molar-refractivity contribution in [1.82, 2.24) is 16.2 Å². The molecule has 120 valence electrons. The number of hydrogen-bond donors (Lipinski definition) is 3. The van der Waals surface area contributed by atoms with Crippen molar-refractivity contribution in [1.29, 1.82) is 0 Å². The van der Waals surface area contributed by atoms with E-state index in [1.807, 2.05) is 36.4 Å². The van der Waals surface area contributed by atoms with Gasteiger partial charge in [0, 0.05) is 18.7 Å². The summed E-state index contributed by atoms with van der Waals surface area (Å²) in [5, 5.41) is 5.56. The van der Waals surface area contributed by atoms with Crippen molar-refractivity contribution in [3.63, 3.8) is 0 Å². The van der Waals surface area contributed by atoms with Crippen LogP contribution in [0, 0.1) is 0 Å². The molecule has 1 aliphatic rings. The van der Waals surface area contributed by atoms with Crippen molar-refractivity contribution in [3.8, 4) is 0 Å². The maximum atomic E-state index is 12.2. The first-order valence-corrected chi connectivity index (χ1v) is 8.08. The normalized spacial score (nSPS) is 17.0. The number of amides is 1. The van der Waals surface area contributed by atoms with Crippen LogP contribution in [0.1, 0.15) is 23.2 Å². The first-order valence-electron chi connectivity index (χ1n) is 7.67. The van der Waals surface area contributed by atoms with Gasteiger partial charge in [0.25, 0.3) is 5.91 Å². The van der Waals surface area contributed by atoms with E-state index in [9.17, 15) is 4.79 Å². The van der Waals surface area contributed by atoms with Gasteiger partial charge in [-0.1, -0.05) is 30.3 Å². The van der Waals surface area contributed by atoms with E-state index < -0.39 is 0 Å². The molecule has 3 rings (SSSR count). The molecule has 23 heavy (non-hydrogen) atoms. The Morgan fingerprint density at radius 2 is 2.00 bits per heavy atom. The maximum absolute atomic E-state index is 12.2. The fraction of sp³-hybridized carbons (Fsp3) is 0.294. The molecule has 2 aromatic carbocycles. The van der Waals surface area contributed by atoms with Gasteiger partial charge in [0.1, 0.15) is 0 Å². The summed E-state index contributed by atoms with van der Waals surface area (Å²) >= 11 is 5.14. The van der Waals surface area contributed by atoms with Crippen molar-refractivity contribution < 1.29 is 9.53 Å². The van der Waals surface area contributed by atoms with E-state index >= 15 is 0 Å². The number of carbonyl (C=O) groups excluding carboxylic acids is 1. The molecule has 0 aliphatic carbocycles. The molecule has 1 fully saturated rings. The van der Waals surface area contributed by atoms with Gasteiger partial charge >= 0.3 is 0 Å². The highest BCUT2D eigenvalue weighted by molar-refractivity contribution is 7.80. The fourth-order valence-electron chi connectivity index (χ4n) is 2.57. The van der Waals surface area contributed by atoms with Crippen LogP contribution >= 0.6 is 12.2 Å². The zero-order valence-corrected chi connectivity index (χ0v) is 13.5. The monoisotopic (exact) mass is 329 g/mol. The highest BCUT2D eigenvalue weighted by Crippen LogP contribution is 2.15. The van der Waals surface area contributed by atoms with E-state index in [-0.39, 0.29) is 12.0 Å². The number of benzene rings is 2. The molecule has 0 aromatic heterocycles. The Balaban J connectivity index is 1.50. The Hall–Kier alpha value is -2.18. The molecule has 1 atom stereocenters. The first kappa shape index (κ1) is 15.7. The van der Waals surface area contributed by atoms with Gasteiger partial charge in [-0.25, -0.2) is 0 Å². The van der Waals surface area contributed by atoms with Crippen LogP contribution < -0.4 is 16.2 Å². The summed E-state index contributed by atoms with van der Waals surface area (Å²) in [6.45, 7) is 1.46. The Bertz CT molecular complexity index is 714. The minimum absolute atomic E-state index is 0.200. The van der Waals surface area contributed by atoms with Gasteiger partial charge in [-0.15, -0.1) is 0 Å². The molecule has 1 unspecified atom stereocenters. The quantitative estimate of drug-likeness (QED) is 0.595. The Kier molecular flexibility index (Phi) is 5.05. The lowest BCUT2D eigenvalue weighted by Crippen LogP contribution is -2.48. The molecule has 1 saturated heterocycles. The van der Waals surface area contributed by atoms with Gasteiger partial charge in [-0.3, -0.25) is 15.6 Å². The van der Waals surface area contributed by atoms with Crippen molar-refractivity contribution in [2.45, 2.75) is 18.9 Å². The summed E-state index contributed by atoms with van der Waals surface area (Å²) < 4.78 is 5.50. The topological polar surface area (TPSA) is 62.4 Å². The van der Waals surface area contributed by atoms with Crippen molar-refractivity contribution in [2.24, 2.45) is 0 Å². The van der Waals surface area contributed by atoms with Crippen LogP contribution in [0.3, 0.4) is 0 Å². The van der Waals surface area contributed by atoms with Crippen molar-refractivity contribution in [2.75, 3.05) is 13.2 Å².